The Kier molecular flexibility index (Phi) is 7.47. The number of allylic oxidation sites excluding steroid dienone is 2. The van der Waals surface area contributed by atoms with Gasteiger partial charge in [0.25, 0.3) is 0 Å². The van der Waals surface area contributed by atoms with E-state index in [1.54, 1.807) is 0 Å². The number of aryl methyl sites for hydroxylation is 1. The van der Waals surface area contributed by atoms with Crippen molar-refractivity contribution in [1.29, 1.82) is 0 Å². The van der Waals surface area contributed by atoms with Crippen molar-refractivity contribution in [2.75, 3.05) is 0 Å². The average molecular weight is 387 g/mol. The maximum atomic E-state index is 13.0. The van der Waals surface area contributed by atoms with Crippen molar-refractivity contribution < 1.29 is 13.5 Å². The second-order valence-electron chi connectivity index (χ2n) is 8.03. The van der Waals surface area contributed by atoms with Crippen LogP contribution in [0.3, 0.4) is 0 Å². The van der Waals surface area contributed by atoms with Gasteiger partial charge >= 0.3 is 6.61 Å². The van der Waals surface area contributed by atoms with Gasteiger partial charge in [0.2, 0.25) is 0 Å². The van der Waals surface area contributed by atoms with E-state index < -0.39 is 6.61 Å². The molecule has 0 radical (unpaired) electrons. The van der Waals surface area contributed by atoms with Crippen LogP contribution in [0.1, 0.15) is 75.8 Å². The molecule has 1 saturated carbocycles. The van der Waals surface area contributed by atoms with E-state index in [9.17, 15) is 8.78 Å². The van der Waals surface area contributed by atoms with E-state index in [0.717, 1.165) is 35.1 Å². The van der Waals surface area contributed by atoms with Crippen LogP contribution in [-0.4, -0.2) is 6.61 Å². The molecule has 0 aromatic heterocycles. The van der Waals surface area contributed by atoms with Gasteiger partial charge in [0.15, 0.2) is 0 Å². The molecule has 1 fully saturated rings. The van der Waals surface area contributed by atoms with E-state index in [4.69, 9.17) is 4.74 Å². The lowest BCUT2D eigenvalue weighted by molar-refractivity contribution is -0.0493. The maximum absolute atomic E-state index is 13.0. The zero-order valence-electron chi connectivity index (χ0n) is 17.1. The van der Waals surface area contributed by atoms with E-state index in [-0.39, 0.29) is 0 Å². The summed E-state index contributed by atoms with van der Waals surface area (Å²) in [4.78, 5) is 0. The Balaban J connectivity index is 1.76. The van der Waals surface area contributed by atoms with E-state index in [2.05, 4.69) is 37.3 Å². The molecule has 0 unspecified atom stereocenters. The van der Waals surface area contributed by atoms with Gasteiger partial charge < -0.3 is 4.74 Å². The minimum Gasteiger partial charge on any atom is -0.434 e. The molecular weight excluding hydrogens is 354 g/mol. The standard InChI is InChI=1S/C25H32F2O/c1-3-5-6-8-18-9-11-19(12-10-18)21-15-16-23-22(17-21)14-13-20(7-4-2)24(23)28-25(26)27/h3,5,13-19,25H,4,6-12H2,1-2H3/b5-3+. The van der Waals surface area contributed by atoms with Crippen LogP contribution in [0.15, 0.2) is 42.5 Å². The summed E-state index contributed by atoms with van der Waals surface area (Å²) in [5.41, 5.74) is 2.20. The van der Waals surface area contributed by atoms with Gasteiger partial charge in [-0.3, -0.25) is 0 Å². The number of benzene rings is 2. The van der Waals surface area contributed by atoms with E-state index in [1.165, 1.54) is 44.1 Å². The molecule has 0 spiro atoms. The molecule has 0 amide bonds. The summed E-state index contributed by atoms with van der Waals surface area (Å²) in [6.45, 7) is 1.34. The van der Waals surface area contributed by atoms with Gasteiger partial charge in [-0.05, 0) is 80.2 Å². The molecule has 0 atom stereocenters. The van der Waals surface area contributed by atoms with Crippen molar-refractivity contribution in [3.63, 3.8) is 0 Å². The van der Waals surface area contributed by atoms with Gasteiger partial charge in [0.05, 0.1) is 0 Å². The second-order valence-corrected chi connectivity index (χ2v) is 8.03. The molecule has 28 heavy (non-hydrogen) atoms. The highest BCUT2D eigenvalue weighted by molar-refractivity contribution is 5.90. The van der Waals surface area contributed by atoms with Crippen molar-refractivity contribution >= 4 is 10.8 Å². The molecule has 2 aromatic carbocycles. The Morgan fingerprint density at radius 2 is 1.89 bits per heavy atom. The Labute approximate surface area is 167 Å². The molecule has 152 valence electrons. The van der Waals surface area contributed by atoms with Crippen LogP contribution in [0.5, 0.6) is 5.75 Å². The maximum Gasteiger partial charge on any atom is 0.387 e. The van der Waals surface area contributed by atoms with Crippen LogP contribution in [0.4, 0.5) is 8.78 Å². The molecule has 1 aliphatic rings. The van der Waals surface area contributed by atoms with E-state index in [0.29, 0.717) is 11.7 Å². The number of halogens is 2. The lowest BCUT2D eigenvalue weighted by Crippen LogP contribution is -2.13. The van der Waals surface area contributed by atoms with Gasteiger partial charge in [0, 0.05) is 5.39 Å². The number of alkyl halides is 2. The SMILES string of the molecule is C/C=C/CCC1CCC(c2ccc3c(OC(F)F)c(CCC)ccc3c2)CC1. The Morgan fingerprint density at radius 3 is 2.57 bits per heavy atom. The summed E-state index contributed by atoms with van der Waals surface area (Å²) in [5, 5.41) is 1.80. The van der Waals surface area contributed by atoms with Gasteiger partial charge in [0.1, 0.15) is 5.75 Å². The first-order valence-electron chi connectivity index (χ1n) is 10.7. The number of hydrogen-bond donors (Lipinski definition) is 0. The van der Waals surface area contributed by atoms with Crippen LogP contribution in [0, 0.1) is 5.92 Å². The van der Waals surface area contributed by atoms with Gasteiger partial charge in [-0.2, -0.15) is 8.78 Å². The Bertz CT molecular complexity index is 788. The molecule has 0 aliphatic heterocycles. The van der Waals surface area contributed by atoms with Crippen LogP contribution in [0.2, 0.25) is 0 Å². The number of hydrogen-bond acceptors (Lipinski definition) is 1. The van der Waals surface area contributed by atoms with Crippen LogP contribution in [-0.2, 0) is 6.42 Å². The van der Waals surface area contributed by atoms with Crippen molar-refractivity contribution in [2.45, 2.75) is 77.7 Å². The fourth-order valence-electron chi connectivity index (χ4n) is 4.60. The lowest BCUT2D eigenvalue weighted by Gasteiger charge is -2.29. The second kappa shape index (κ2) is 10.0. The molecule has 0 heterocycles. The number of ether oxygens (including phenoxy) is 1. The van der Waals surface area contributed by atoms with Gasteiger partial charge in [-0.1, -0.05) is 55.8 Å². The highest BCUT2D eigenvalue weighted by Crippen LogP contribution is 2.40. The highest BCUT2D eigenvalue weighted by atomic mass is 19.3. The molecule has 3 rings (SSSR count). The van der Waals surface area contributed by atoms with E-state index >= 15 is 0 Å². The molecule has 0 saturated heterocycles. The quantitative estimate of drug-likeness (QED) is 0.417. The molecule has 0 N–H and O–H groups in total. The third-order valence-corrected chi connectivity index (χ3v) is 6.10. The summed E-state index contributed by atoms with van der Waals surface area (Å²) in [5.74, 6) is 1.78. The summed E-state index contributed by atoms with van der Waals surface area (Å²) < 4.78 is 30.8. The van der Waals surface area contributed by atoms with Crippen molar-refractivity contribution in [3.8, 4) is 5.75 Å². The van der Waals surface area contributed by atoms with Crippen molar-refractivity contribution in [2.24, 2.45) is 5.92 Å². The molecule has 0 bridgehead atoms. The van der Waals surface area contributed by atoms with Crippen LogP contribution >= 0.6 is 0 Å². The zero-order chi connectivity index (χ0) is 19.9. The van der Waals surface area contributed by atoms with Crippen molar-refractivity contribution in [1.82, 2.24) is 0 Å². The summed E-state index contributed by atoms with van der Waals surface area (Å²) >= 11 is 0. The molecule has 1 nitrogen and oxygen atoms in total. The van der Waals surface area contributed by atoms with Crippen LogP contribution < -0.4 is 4.74 Å². The summed E-state index contributed by atoms with van der Waals surface area (Å²) in [6.07, 6.45) is 13.6. The fourth-order valence-corrected chi connectivity index (χ4v) is 4.60. The first kappa shape index (κ1) is 20.8. The zero-order valence-corrected chi connectivity index (χ0v) is 17.1. The summed E-state index contributed by atoms with van der Waals surface area (Å²) in [7, 11) is 0. The molecule has 1 aliphatic carbocycles. The smallest absolute Gasteiger partial charge is 0.387 e. The minimum absolute atomic E-state index is 0.355. The van der Waals surface area contributed by atoms with Gasteiger partial charge in [-0.25, -0.2) is 0 Å². The summed E-state index contributed by atoms with van der Waals surface area (Å²) in [6, 6.07) is 10.3. The van der Waals surface area contributed by atoms with Gasteiger partial charge in [-0.15, -0.1) is 0 Å². The lowest BCUT2D eigenvalue weighted by atomic mass is 9.77. The molecule has 3 heteroatoms. The third-order valence-electron chi connectivity index (χ3n) is 6.10. The van der Waals surface area contributed by atoms with Crippen molar-refractivity contribution in [3.05, 3.63) is 53.6 Å². The minimum atomic E-state index is -2.79. The first-order valence-corrected chi connectivity index (χ1v) is 10.7. The first-order chi connectivity index (χ1) is 13.6. The van der Waals surface area contributed by atoms with Crippen LogP contribution in [0.25, 0.3) is 10.8 Å². The predicted octanol–water partition coefficient (Wildman–Crippen LogP) is 8.02. The largest absolute Gasteiger partial charge is 0.434 e. The third kappa shape index (κ3) is 5.12. The predicted molar refractivity (Wildman–Crippen MR) is 113 cm³/mol. The topological polar surface area (TPSA) is 9.23 Å². The Hall–Kier alpha value is -1.90. The Morgan fingerprint density at radius 1 is 1.11 bits per heavy atom. The fraction of sp³-hybridized carbons (Fsp3) is 0.520. The number of fused-ring (bicyclic) bond motifs is 1. The average Bonchev–Trinajstić information content (AvgIpc) is 2.70. The van der Waals surface area contributed by atoms with E-state index in [1.807, 2.05) is 19.1 Å². The monoisotopic (exact) mass is 386 g/mol. The molecular formula is C25H32F2O. The number of rotatable bonds is 8. The molecule has 2 aromatic rings. The highest BCUT2D eigenvalue weighted by Gasteiger charge is 2.22. The normalized spacial score (nSPS) is 20.3.